The average molecular weight is 296 g/mol. The quantitative estimate of drug-likeness (QED) is 0.866. The zero-order chi connectivity index (χ0) is 15.5. The molecule has 2 rings (SSSR count). The van der Waals surface area contributed by atoms with E-state index in [4.69, 9.17) is 4.74 Å². The fraction of sp³-hybridized carbons (Fsp3) is 0.941. The molecule has 1 amide bonds. The van der Waals surface area contributed by atoms with E-state index in [1.807, 2.05) is 11.9 Å². The van der Waals surface area contributed by atoms with Crippen LogP contribution in [0.2, 0.25) is 0 Å². The van der Waals surface area contributed by atoms with Crippen LogP contribution in [0.4, 0.5) is 0 Å². The number of nitrogens with zero attached hydrogens (tertiary/aromatic N) is 1. The van der Waals surface area contributed by atoms with Crippen molar-refractivity contribution in [1.82, 2.24) is 10.2 Å². The van der Waals surface area contributed by atoms with E-state index < -0.39 is 0 Å². The summed E-state index contributed by atoms with van der Waals surface area (Å²) in [4.78, 5) is 15.1. The molecule has 0 radical (unpaired) electrons. The predicted molar refractivity (Wildman–Crippen MR) is 85.2 cm³/mol. The lowest BCUT2D eigenvalue weighted by atomic mass is 9.74. The van der Waals surface area contributed by atoms with E-state index in [1.165, 1.54) is 12.8 Å². The summed E-state index contributed by atoms with van der Waals surface area (Å²) in [5, 5.41) is 3.36. The Bertz CT molecular complexity index is 346. The highest BCUT2D eigenvalue weighted by atomic mass is 16.5. The van der Waals surface area contributed by atoms with Gasteiger partial charge < -0.3 is 15.0 Å². The molecule has 4 nitrogen and oxygen atoms in total. The molecule has 2 aliphatic rings. The third-order valence-electron chi connectivity index (χ3n) is 5.61. The molecule has 4 heteroatoms. The monoisotopic (exact) mass is 296 g/mol. The van der Waals surface area contributed by atoms with Gasteiger partial charge in [-0.1, -0.05) is 13.8 Å². The summed E-state index contributed by atoms with van der Waals surface area (Å²) >= 11 is 0. The lowest BCUT2D eigenvalue weighted by Crippen LogP contribution is -2.53. The lowest BCUT2D eigenvalue weighted by molar-refractivity contribution is -0.149. The fourth-order valence-electron chi connectivity index (χ4n) is 3.91. The maximum Gasteiger partial charge on any atom is 0.231 e. The van der Waals surface area contributed by atoms with Crippen molar-refractivity contribution < 1.29 is 9.53 Å². The van der Waals surface area contributed by atoms with Gasteiger partial charge in [-0.25, -0.2) is 0 Å². The zero-order valence-electron chi connectivity index (χ0n) is 14.2. The Hall–Kier alpha value is -0.610. The number of carbonyl (C=O) groups is 1. The summed E-state index contributed by atoms with van der Waals surface area (Å²) in [6.07, 6.45) is 6.49. The molecule has 0 unspecified atom stereocenters. The zero-order valence-corrected chi connectivity index (χ0v) is 14.2. The van der Waals surface area contributed by atoms with Crippen LogP contribution in [0.3, 0.4) is 0 Å². The third kappa shape index (κ3) is 3.78. The van der Waals surface area contributed by atoms with Crippen LogP contribution in [0.1, 0.15) is 52.4 Å². The molecule has 0 aromatic carbocycles. The maximum absolute atomic E-state index is 13.1. The summed E-state index contributed by atoms with van der Waals surface area (Å²) in [7, 11) is 3.71. The van der Waals surface area contributed by atoms with Gasteiger partial charge in [-0.2, -0.15) is 0 Å². The molecule has 2 fully saturated rings. The number of methoxy groups -OCH3 is 1. The predicted octanol–water partition coefficient (Wildman–Crippen LogP) is 2.43. The van der Waals surface area contributed by atoms with E-state index in [0.717, 1.165) is 38.8 Å². The van der Waals surface area contributed by atoms with Gasteiger partial charge in [-0.15, -0.1) is 0 Å². The number of carbonyl (C=O) groups excluding carboxylic acids is 1. The van der Waals surface area contributed by atoms with Crippen molar-refractivity contribution in [2.45, 2.75) is 58.4 Å². The highest BCUT2D eigenvalue weighted by molar-refractivity contribution is 5.83. The highest BCUT2D eigenvalue weighted by Gasteiger charge is 2.43. The van der Waals surface area contributed by atoms with Crippen LogP contribution in [0, 0.1) is 10.8 Å². The molecule has 1 saturated carbocycles. The van der Waals surface area contributed by atoms with Crippen LogP contribution in [-0.2, 0) is 9.53 Å². The Morgan fingerprint density at radius 1 is 1.19 bits per heavy atom. The van der Waals surface area contributed by atoms with E-state index in [-0.39, 0.29) is 5.41 Å². The van der Waals surface area contributed by atoms with Crippen LogP contribution in [0.5, 0.6) is 0 Å². The van der Waals surface area contributed by atoms with Crippen molar-refractivity contribution in [2.24, 2.45) is 10.8 Å². The lowest BCUT2D eigenvalue weighted by Gasteiger charge is -2.44. The van der Waals surface area contributed by atoms with Crippen LogP contribution >= 0.6 is 0 Å². The summed E-state index contributed by atoms with van der Waals surface area (Å²) in [5.41, 5.74) is 0.140. The topological polar surface area (TPSA) is 41.6 Å². The van der Waals surface area contributed by atoms with E-state index in [2.05, 4.69) is 19.2 Å². The van der Waals surface area contributed by atoms with Crippen molar-refractivity contribution >= 4 is 5.91 Å². The van der Waals surface area contributed by atoms with Crippen molar-refractivity contribution in [1.29, 1.82) is 0 Å². The first kappa shape index (κ1) is 16.8. The van der Waals surface area contributed by atoms with Gasteiger partial charge in [-0.05, 0) is 57.0 Å². The van der Waals surface area contributed by atoms with Crippen LogP contribution in [-0.4, -0.2) is 50.7 Å². The van der Waals surface area contributed by atoms with E-state index >= 15 is 0 Å². The van der Waals surface area contributed by atoms with Gasteiger partial charge in [-0.3, -0.25) is 4.79 Å². The Kier molecular flexibility index (Phi) is 5.31. The SMILES string of the molecule is COCC1(C(=O)N(C)C2CCC(C)(C)CC2)CCNCC1. The first-order valence-corrected chi connectivity index (χ1v) is 8.37. The van der Waals surface area contributed by atoms with Gasteiger partial charge >= 0.3 is 0 Å². The van der Waals surface area contributed by atoms with Crippen molar-refractivity contribution in [3.05, 3.63) is 0 Å². The van der Waals surface area contributed by atoms with Crippen molar-refractivity contribution in [3.63, 3.8) is 0 Å². The van der Waals surface area contributed by atoms with Gasteiger partial charge in [0.1, 0.15) is 0 Å². The molecule has 21 heavy (non-hydrogen) atoms. The normalized spacial score (nSPS) is 25.5. The molecule has 1 saturated heterocycles. The highest BCUT2D eigenvalue weighted by Crippen LogP contribution is 2.39. The minimum atomic E-state index is -0.304. The minimum absolute atomic E-state index is 0.301. The number of hydrogen-bond donors (Lipinski definition) is 1. The first-order valence-electron chi connectivity index (χ1n) is 8.37. The Morgan fingerprint density at radius 2 is 1.76 bits per heavy atom. The Labute approximate surface area is 129 Å². The molecule has 0 atom stereocenters. The number of hydrogen-bond acceptors (Lipinski definition) is 3. The largest absolute Gasteiger partial charge is 0.384 e. The first-order chi connectivity index (χ1) is 9.90. The van der Waals surface area contributed by atoms with Crippen LogP contribution in [0.15, 0.2) is 0 Å². The minimum Gasteiger partial charge on any atom is -0.384 e. The molecule has 1 aliphatic heterocycles. The third-order valence-corrected chi connectivity index (χ3v) is 5.61. The number of rotatable bonds is 4. The van der Waals surface area contributed by atoms with E-state index in [0.29, 0.717) is 24.0 Å². The summed E-state index contributed by atoms with van der Waals surface area (Å²) in [6, 6.07) is 0.411. The molecular formula is C17H32N2O2. The molecule has 122 valence electrons. The van der Waals surface area contributed by atoms with Gasteiger partial charge in [0.15, 0.2) is 0 Å². The Morgan fingerprint density at radius 3 is 2.29 bits per heavy atom. The standard InChI is InChI=1S/C17H32N2O2/c1-16(2)7-5-14(6-8-16)19(3)15(20)17(13-21-4)9-11-18-12-10-17/h14,18H,5-13H2,1-4H3. The van der Waals surface area contributed by atoms with Gasteiger partial charge in [0.2, 0.25) is 5.91 Å². The smallest absolute Gasteiger partial charge is 0.231 e. The molecule has 0 spiro atoms. The molecule has 1 heterocycles. The van der Waals surface area contributed by atoms with Crippen LogP contribution < -0.4 is 5.32 Å². The second-order valence-corrected chi connectivity index (χ2v) is 7.77. The second kappa shape index (κ2) is 6.66. The number of nitrogens with one attached hydrogen (secondary N) is 1. The molecular weight excluding hydrogens is 264 g/mol. The van der Waals surface area contributed by atoms with Gasteiger partial charge in [0.25, 0.3) is 0 Å². The Balaban J connectivity index is 2.03. The number of ether oxygens (including phenoxy) is 1. The second-order valence-electron chi connectivity index (χ2n) is 7.77. The molecule has 1 N–H and O–H groups in total. The van der Waals surface area contributed by atoms with Crippen LogP contribution in [0.25, 0.3) is 0 Å². The molecule has 0 aromatic rings. The summed E-state index contributed by atoms with van der Waals surface area (Å²) in [6.45, 7) is 7.06. The molecule has 0 aromatic heterocycles. The van der Waals surface area contributed by atoms with Crippen molar-refractivity contribution in [3.8, 4) is 0 Å². The molecule has 0 bridgehead atoms. The van der Waals surface area contributed by atoms with E-state index in [1.54, 1.807) is 7.11 Å². The summed E-state index contributed by atoms with van der Waals surface area (Å²) < 4.78 is 5.40. The number of amides is 1. The number of piperidine rings is 1. The van der Waals surface area contributed by atoms with E-state index in [9.17, 15) is 4.79 Å². The van der Waals surface area contributed by atoms with Gasteiger partial charge in [0, 0.05) is 20.2 Å². The summed E-state index contributed by atoms with van der Waals surface area (Å²) in [5.74, 6) is 0.301. The maximum atomic E-state index is 13.1. The average Bonchev–Trinajstić information content (AvgIpc) is 2.47. The van der Waals surface area contributed by atoms with Crippen molar-refractivity contribution in [2.75, 3.05) is 33.9 Å². The fourth-order valence-corrected chi connectivity index (χ4v) is 3.91. The van der Waals surface area contributed by atoms with Gasteiger partial charge in [0.05, 0.1) is 12.0 Å². The molecule has 1 aliphatic carbocycles.